The van der Waals surface area contributed by atoms with Crippen LogP contribution in [0.2, 0.25) is 0 Å². The Kier molecular flexibility index (Phi) is 4.31. The van der Waals surface area contributed by atoms with E-state index >= 15 is 0 Å². The Morgan fingerprint density at radius 1 is 1.48 bits per heavy atom. The van der Waals surface area contributed by atoms with E-state index < -0.39 is 18.7 Å². The number of hydrogen-bond acceptors (Lipinski definition) is 4. The Hall–Kier alpha value is -1.90. The monoisotopic (exact) mass is 320 g/mol. The van der Waals surface area contributed by atoms with Crippen molar-refractivity contribution in [3.63, 3.8) is 0 Å². The lowest BCUT2D eigenvalue weighted by Gasteiger charge is -2.11. The van der Waals surface area contributed by atoms with Gasteiger partial charge in [0.1, 0.15) is 17.8 Å². The fraction of sp³-hybridized carbons (Fsp3) is 0.333. The van der Waals surface area contributed by atoms with Crippen molar-refractivity contribution in [3.05, 3.63) is 18.2 Å². The number of carboxylic acid groups (broad SMARTS) is 1. The normalized spacial score (nSPS) is 11.8. The van der Waals surface area contributed by atoms with E-state index in [1.54, 1.807) is 12.1 Å². The molecule has 0 fully saturated rings. The molecule has 5 nitrogen and oxygen atoms in total. The first-order valence-electron chi connectivity index (χ1n) is 5.76. The maximum Gasteiger partial charge on any atom is 0.406 e. The molecule has 0 amide bonds. The van der Waals surface area contributed by atoms with Gasteiger partial charge in [-0.3, -0.25) is 4.79 Å². The molecule has 0 saturated carbocycles. The number of carbonyl (C=O) groups is 1. The third-order valence-corrected chi connectivity index (χ3v) is 3.55. The number of para-hydroxylation sites is 1. The van der Waals surface area contributed by atoms with Crippen molar-refractivity contribution < 1.29 is 27.8 Å². The summed E-state index contributed by atoms with van der Waals surface area (Å²) in [6, 6.07) is 4.63. The molecule has 0 spiro atoms. The van der Waals surface area contributed by atoms with Gasteiger partial charge in [-0.2, -0.15) is 13.2 Å². The predicted molar refractivity (Wildman–Crippen MR) is 70.7 cm³/mol. The fourth-order valence-electron chi connectivity index (χ4n) is 1.83. The third-order valence-electron chi connectivity index (χ3n) is 2.59. The van der Waals surface area contributed by atoms with Gasteiger partial charge in [0.2, 0.25) is 0 Å². The molecule has 0 saturated heterocycles. The molecule has 0 aliphatic carbocycles. The number of nitrogens with zero attached hydrogens (tertiary/aromatic N) is 2. The van der Waals surface area contributed by atoms with Crippen molar-refractivity contribution in [2.24, 2.45) is 0 Å². The summed E-state index contributed by atoms with van der Waals surface area (Å²) in [5, 5.41) is 8.66. The number of benzene rings is 1. The maximum atomic E-state index is 12.7. The molecule has 0 aliphatic heterocycles. The van der Waals surface area contributed by atoms with Crippen LogP contribution in [-0.2, 0) is 11.3 Å². The lowest BCUT2D eigenvalue weighted by Crippen LogP contribution is -2.18. The molecule has 1 heterocycles. The third kappa shape index (κ3) is 3.60. The number of fused-ring (bicyclic) bond motifs is 1. The quantitative estimate of drug-likeness (QED) is 0.858. The van der Waals surface area contributed by atoms with Crippen LogP contribution in [0, 0.1) is 0 Å². The molecule has 1 N–H and O–H groups in total. The number of rotatable bonds is 5. The van der Waals surface area contributed by atoms with E-state index in [-0.39, 0.29) is 21.9 Å². The zero-order chi connectivity index (χ0) is 15.6. The molecule has 114 valence electrons. The number of carboxylic acids is 1. The van der Waals surface area contributed by atoms with E-state index in [0.29, 0.717) is 5.75 Å². The van der Waals surface area contributed by atoms with Crippen LogP contribution in [0.4, 0.5) is 13.2 Å². The topological polar surface area (TPSA) is 64.3 Å². The summed E-state index contributed by atoms with van der Waals surface area (Å²) in [6.07, 6.45) is -4.44. The van der Waals surface area contributed by atoms with E-state index in [2.05, 4.69) is 4.98 Å². The second-order valence-corrected chi connectivity index (χ2v) is 5.05. The Balaban J connectivity index is 2.53. The van der Waals surface area contributed by atoms with Gasteiger partial charge >= 0.3 is 12.1 Å². The van der Waals surface area contributed by atoms with E-state index in [0.717, 1.165) is 16.3 Å². The van der Waals surface area contributed by atoms with Crippen LogP contribution in [0.3, 0.4) is 0 Å². The molecule has 0 atom stereocenters. The van der Waals surface area contributed by atoms with Crippen molar-refractivity contribution in [1.29, 1.82) is 0 Å². The molecule has 0 unspecified atom stereocenters. The molecule has 2 rings (SSSR count). The van der Waals surface area contributed by atoms with Gasteiger partial charge in [-0.05, 0) is 12.1 Å². The van der Waals surface area contributed by atoms with Gasteiger partial charge in [0.05, 0.1) is 18.4 Å². The zero-order valence-corrected chi connectivity index (χ0v) is 11.7. The van der Waals surface area contributed by atoms with Gasteiger partial charge in [-0.25, -0.2) is 4.98 Å². The largest absolute Gasteiger partial charge is 0.494 e. The minimum absolute atomic E-state index is 0.00535. The van der Waals surface area contributed by atoms with Gasteiger partial charge in [-0.15, -0.1) is 0 Å². The molecule has 2 aromatic rings. The SMILES string of the molecule is COc1cccc2c1nc(SCC(=O)O)n2CC(F)(F)F. The van der Waals surface area contributed by atoms with Gasteiger partial charge < -0.3 is 14.4 Å². The fourth-order valence-corrected chi connectivity index (χ4v) is 2.56. The van der Waals surface area contributed by atoms with E-state index in [1.165, 1.54) is 13.2 Å². The number of ether oxygens (including phenoxy) is 1. The first-order chi connectivity index (χ1) is 9.81. The van der Waals surface area contributed by atoms with Crippen LogP contribution < -0.4 is 4.74 Å². The Bertz CT molecular complexity index is 670. The highest BCUT2D eigenvalue weighted by Crippen LogP contribution is 2.32. The Morgan fingerprint density at radius 3 is 2.76 bits per heavy atom. The van der Waals surface area contributed by atoms with Crippen molar-refractivity contribution in [2.45, 2.75) is 17.9 Å². The van der Waals surface area contributed by atoms with Crippen molar-refractivity contribution >= 4 is 28.8 Å². The Labute approximate surface area is 121 Å². The molecule has 0 radical (unpaired) electrons. The summed E-state index contributed by atoms with van der Waals surface area (Å²) in [5.74, 6) is -1.16. The van der Waals surface area contributed by atoms with Crippen LogP contribution in [0.1, 0.15) is 0 Å². The zero-order valence-electron chi connectivity index (χ0n) is 10.8. The molecule has 1 aromatic carbocycles. The first-order valence-corrected chi connectivity index (χ1v) is 6.75. The van der Waals surface area contributed by atoms with Crippen LogP contribution >= 0.6 is 11.8 Å². The number of thioether (sulfide) groups is 1. The molecule has 9 heteroatoms. The average molecular weight is 320 g/mol. The summed E-state index contributed by atoms with van der Waals surface area (Å²) in [6.45, 7) is -1.24. The van der Waals surface area contributed by atoms with E-state index in [4.69, 9.17) is 9.84 Å². The lowest BCUT2D eigenvalue weighted by atomic mass is 10.3. The second kappa shape index (κ2) is 5.84. The number of hydrogen-bond donors (Lipinski definition) is 1. The highest BCUT2D eigenvalue weighted by Gasteiger charge is 2.31. The summed E-state index contributed by atoms with van der Waals surface area (Å²) in [7, 11) is 1.39. The summed E-state index contributed by atoms with van der Waals surface area (Å²) < 4.78 is 44.1. The minimum atomic E-state index is -4.44. The molecule has 1 aromatic heterocycles. The number of aliphatic carboxylic acids is 1. The van der Waals surface area contributed by atoms with Crippen molar-refractivity contribution in [3.8, 4) is 5.75 Å². The molecular formula is C12H11F3N2O3S. The van der Waals surface area contributed by atoms with Crippen LogP contribution in [0.25, 0.3) is 11.0 Å². The van der Waals surface area contributed by atoms with Crippen LogP contribution in [-0.4, -0.2) is 39.7 Å². The number of aromatic nitrogens is 2. The predicted octanol–water partition coefficient (Wildman–Crippen LogP) is 2.78. The molecule has 0 bridgehead atoms. The summed E-state index contributed by atoms with van der Waals surface area (Å²) >= 11 is 0.738. The summed E-state index contributed by atoms with van der Waals surface area (Å²) in [5.41, 5.74) is 0.525. The number of imidazole rings is 1. The number of methoxy groups -OCH3 is 1. The van der Waals surface area contributed by atoms with Crippen LogP contribution in [0.15, 0.2) is 23.4 Å². The van der Waals surface area contributed by atoms with Crippen LogP contribution in [0.5, 0.6) is 5.75 Å². The second-order valence-electron chi connectivity index (χ2n) is 4.11. The maximum absolute atomic E-state index is 12.7. The standard InChI is InChI=1S/C12H11F3N2O3S/c1-20-8-4-2-3-7-10(8)16-11(21-5-9(18)19)17(7)6-12(13,14)15/h2-4H,5-6H2,1H3,(H,18,19). The first kappa shape index (κ1) is 15.5. The lowest BCUT2D eigenvalue weighted by molar-refractivity contribution is -0.141. The Morgan fingerprint density at radius 2 is 2.19 bits per heavy atom. The average Bonchev–Trinajstić information content (AvgIpc) is 2.72. The molecule has 21 heavy (non-hydrogen) atoms. The van der Waals surface area contributed by atoms with Gasteiger partial charge in [-0.1, -0.05) is 17.8 Å². The smallest absolute Gasteiger partial charge is 0.406 e. The van der Waals surface area contributed by atoms with E-state index in [9.17, 15) is 18.0 Å². The minimum Gasteiger partial charge on any atom is -0.494 e. The van der Waals surface area contributed by atoms with Crippen molar-refractivity contribution in [2.75, 3.05) is 12.9 Å². The molecular weight excluding hydrogens is 309 g/mol. The summed E-state index contributed by atoms with van der Waals surface area (Å²) in [4.78, 5) is 14.7. The van der Waals surface area contributed by atoms with Crippen molar-refractivity contribution in [1.82, 2.24) is 9.55 Å². The molecule has 0 aliphatic rings. The van der Waals surface area contributed by atoms with E-state index in [1.807, 2.05) is 0 Å². The highest BCUT2D eigenvalue weighted by atomic mass is 32.2. The van der Waals surface area contributed by atoms with Gasteiger partial charge in [0.15, 0.2) is 5.16 Å². The number of alkyl halides is 3. The highest BCUT2D eigenvalue weighted by molar-refractivity contribution is 7.99. The number of halogens is 3. The van der Waals surface area contributed by atoms with Gasteiger partial charge in [0.25, 0.3) is 0 Å². The van der Waals surface area contributed by atoms with Gasteiger partial charge in [0, 0.05) is 0 Å².